The molecule has 0 radical (unpaired) electrons. The topological polar surface area (TPSA) is 118 Å². The van der Waals surface area contributed by atoms with Crippen LogP contribution in [-0.4, -0.2) is 62.1 Å². The normalized spacial score (nSPS) is 17.3. The summed E-state index contributed by atoms with van der Waals surface area (Å²) in [5, 5.41) is 25.9. The molecule has 144 valence electrons. The number of rotatable bonds is 10. The van der Waals surface area contributed by atoms with Gasteiger partial charge in [0.1, 0.15) is 0 Å². The Morgan fingerprint density at radius 2 is 2.15 bits per heavy atom. The molecular weight excluding hydrogens is 340 g/mol. The summed E-state index contributed by atoms with van der Waals surface area (Å²) in [7, 11) is 0. The van der Waals surface area contributed by atoms with Gasteiger partial charge in [-0.2, -0.15) is 0 Å². The molecular formula is C17H26N4O5. The summed E-state index contributed by atoms with van der Waals surface area (Å²) in [5.41, 5.74) is 0.953. The smallest absolute Gasteiger partial charge is 0.269 e. The minimum atomic E-state index is -0.419. The van der Waals surface area contributed by atoms with Crippen LogP contribution in [0.2, 0.25) is 0 Å². The minimum Gasteiger partial charge on any atom is -0.394 e. The molecule has 0 aromatic heterocycles. The average Bonchev–Trinajstić information content (AvgIpc) is 3.17. The van der Waals surface area contributed by atoms with E-state index in [0.29, 0.717) is 38.2 Å². The van der Waals surface area contributed by atoms with Gasteiger partial charge < -0.3 is 25.2 Å². The van der Waals surface area contributed by atoms with Crippen molar-refractivity contribution in [2.45, 2.75) is 13.0 Å². The lowest BCUT2D eigenvalue weighted by molar-refractivity contribution is -0.384. The first-order valence-corrected chi connectivity index (χ1v) is 8.71. The molecule has 0 saturated carbocycles. The third-order valence-electron chi connectivity index (χ3n) is 3.92. The maximum atomic E-state index is 10.7. The van der Waals surface area contributed by atoms with E-state index in [1.165, 1.54) is 12.1 Å². The standard InChI is InChI=1S/C17H26N4O5/c22-7-10-25-9-6-18-17(20-12-15-5-8-26-13-15)19-11-14-1-3-16(4-2-14)21(23)24/h1-4,15,22H,5-13H2,(H2,18,19,20). The second-order valence-electron chi connectivity index (χ2n) is 5.96. The first-order chi connectivity index (χ1) is 12.7. The van der Waals surface area contributed by atoms with Crippen LogP contribution >= 0.6 is 0 Å². The van der Waals surface area contributed by atoms with Gasteiger partial charge in [-0.05, 0) is 12.0 Å². The van der Waals surface area contributed by atoms with Gasteiger partial charge in [-0.1, -0.05) is 12.1 Å². The Labute approximate surface area is 152 Å². The van der Waals surface area contributed by atoms with Gasteiger partial charge in [0.05, 0.1) is 37.9 Å². The minimum absolute atomic E-state index is 0.00101. The van der Waals surface area contributed by atoms with Gasteiger partial charge in [0, 0.05) is 37.7 Å². The second kappa shape index (κ2) is 11.4. The van der Waals surface area contributed by atoms with E-state index in [1.54, 1.807) is 12.1 Å². The molecule has 1 unspecified atom stereocenters. The molecule has 9 heteroatoms. The van der Waals surface area contributed by atoms with Gasteiger partial charge in [0.15, 0.2) is 5.96 Å². The number of hydrogen-bond donors (Lipinski definition) is 3. The summed E-state index contributed by atoms with van der Waals surface area (Å²) in [5.74, 6) is 1.12. The molecule has 1 aliphatic heterocycles. The van der Waals surface area contributed by atoms with E-state index in [-0.39, 0.29) is 12.3 Å². The monoisotopic (exact) mass is 366 g/mol. The Morgan fingerprint density at radius 1 is 1.35 bits per heavy atom. The highest BCUT2D eigenvalue weighted by Gasteiger charge is 2.15. The number of nitro groups is 1. The summed E-state index contributed by atoms with van der Waals surface area (Å²) in [4.78, 5) is 14.8. The SMILES string of the molecule is O=[N+]([O-])c1ccc(CN=C(NCCOCCO)NCC2CCOC2)cc1. The zero-order chi connectivity index (χ0) is 18.6. The first kappa shape index (κ1) is 20.1. The number of non-ortho nitro benzene ring substituents is 1. The van der Waals surface area contributed by atoms with Crippen LogP contribution in [0.4, 0.5) is 5.69 Å². The van der Waals surface area contributed by atoms with E-state index in [4.69, 9.17) is 14.6 Å². The van der Waals surface area contributed by atoms with E-state index < -0.39 is 4.92 Å². The van der Waals surface area contributed by atoms with Crippen molar-refractivity contribution in [2.24, 2.45) is 10.9 Å². The van der Waals surface area contributed by atoms with Crippen LogP contribution < -0.4 is 10.6 Å². The largest absolute Gasteiger partial charge is 0.394 e. The number of guanidine groups is 1. The van der Waals surface area contributed by atoms with E-state index in [9.17, 15) is 10.1 Å². The Morgan fingerprint density at radius 3 is 2.81 bits per heavy atom. The molecule has 1 aromatic rings. The van der Waals surface area contributed by atoms with Crippen LogP contribution in [0, 0.1) is 16.0 Å². The predicted molar refractivity (Wildman–Crippen MR) is 97.1 cm³/mol. The molecule has 9 nitrogen and oxygen atoms in total. The quantitative estimate of drug-likeness (QED) is 0.183. The molecule has 1 aromatic carbocycles. The number of nitrogens with one attached hydrogen (secondary N) is 2. The van der Waals surface area contributed by atoms with Crippen molar-refractivity contribution >= 4 is 11.6 Å². The molecule has 1 heterocycles. The zero-order valence-corrected chi connectivity index (χ0v) is 14.7. The third kappa shape index (κ3) is 7.34. The molecule has 0 bridgehead atoms. The van der Waals surface area contributed by atoms with Gasteiger partial charge in [-0.25, -0.2) is 4.99 Å². The van der Waals surface area contributed by atoms with E-state index >= 15 is 0 Å². The maximum Gasteiger partial charge on any atom is 0.269 e. The average molecular weight is 366 g/mol. The van der Waals surface area contributed by atoms with Gasteiger partial charge in [-0.15, -0.1) is 0 Å². The van der Waals surface area contributed by atoms with Crippen molar-refractivity contribution in [1.29, 1.82) is 0 Å². The van der Waals surface area contributed by atoms with Gasteiger partial charge in [0.2, 0.25) is 0 Å². The number of nitro benzene ring substituents is 1. The molecule has 3 N–H and O–H groups in total. The molecule has 0 aliphatic carbocycles. The van der Waals surface area contributed by atoms with Crippen LogP contribution in [0.25, 0.3) is 0 Å². The van der Waals surface area contributed by atoms with Crippen molar-refractivity contribution in [2.75, 3.05) is 46.1 Å². The van der Waals surface area contributed by atoms with E-state index in [1.807, 2.05) is 0 Å². The molecule has 0 amide bonds. The molecule has 1 aliphatic rings. The summed E-state index contributed by atoms with van der Waals surface area (Å²) in [6, 6.07) is 6.36. The molecule has 0 spiro atoms. The Bertz CT molecular complexity index is 573. The van der Waals surface area contributed by atoms with Crippen molar-refractivity contribution < 1.29 is 19.5 Å². The molecule has 1 saturated heterocycles. The fourth-order valence-electron chi connectivity index (χ4n) is 2.46. The number of aliphatic imine (C=N–C) groups is 1. The zero-order valence-electron chi connectivity index (χ0n) is 14.7. The number of benzene rings is 1. The third-order valence-corrected chi connectivity index (χ3v) is 3.92. The summed E-state index contributed by atoms with van der Waals surface area (Å²) < 4.78 is 10.6. The number of ether oxygens (including phenoxy) is 2. The number of hydrogen-bond acceptors (Lipinski definition) is 6. The highest BCUT2D eigenvalue weighted by molar-refractivity contribution is 5.79. The predicted octanol–water partition coefficient (Wildman–Crippen LogP) is 0.675. The van der Waals surface area contributed by atoms with Gasteiger partial charge in [-0.3, -0.25) is 10.1 Å². The second-order valence-corrected chi connectivity index (χ2v) is 5.96. The summed E-state index contributed by atoms with van der Waals surface area (Å²) in [6.07, 6.45) is 1.03. The Kier molecular flexibility index (Phi) is 8.81. The fourth-order valence-corrected chi connectivity index (χ4v) is 2.46. The Balaban J connectivity index is 1.86. The highest BCUT2D eigenvalue weighted by atomic mass is 16.6. The highest BCUT2D eigenvalue weighted by Crippen LogP contribution is 2.13. The van der Waals surface area contributed by atoms with Gasteiger partial charge in [0.25, 0.3) is 5.69 Å². The van der Waals surface area contributed by atoms with Crippen molar-refractivity contribution in [3.8, 4) is 0 Å². The summed E-state index contributed by atoms with van der Waals surface area (Å²) >= 11 is 0. The van der Waals surface area contributed by atoms with Crippen LogP contribution in [-0.2, 0) is 16.0 Å². The van der Waals surface area contributed by atoms with Gasteiger partial charge >= 0.3 is 0 Å². The van der Waals surface area contributed by atoms with Crippen molar-refractivity contribution in [3.05, 3.63) is 39.9 Å². The first-order valence-electron chi connectivity index (χ1n) is 8.71. The Hall–Kier alpha value is -2.23. The number of aliphatic hydroxyl groups is 1. The molecule has 1 fully saturated rings. The van der Waals surface area contributed by atoms with Crippen LogP contribution in [0.15, 0.2) is 29.3 Å². The van der Waals surface area contributed by atoms with Crippen LogP contribution in [0.5, 0.6) is 0 Å². The molecule has 1 atom stereocenters. The van der Waals surface area contributed by atoms with E-state index in [2.05, 4.69) is 15.6 Å². The van der Waals surface area contributed by atoms with Crippen molar-refractivity contribution in [1.82, 2.24) is 10.6 Å². The van der Waals surface area contributed by atoms with Crippen LogP contribution in [0.3, 0.4) is 0 Å². The lowest BCUT2D eigenvalue weighted by Crippen LogP contribution is -2.41. The number of aliphatic hydroxyl groups excluding tert-OH is 1. The fraction of sp³-hybridized carbons (Fsp3) is 0.588. The van der Waals surface area contributed by atoms with Crippen LogP contribution in [0.1, 0.15) is 12.0 Å². The van der Waals surface area contributed by atoms with Crippen molar-refractivity contribution in [3.63, 3.8) is 0 Å². The summed E-state index contributed by atoms with van der Waals surface area (Å²) in [6.45, 7) is 4.06. The number of nitrogens with zero attached hydrogens (tertiary/aromatic N) is 2. The molecule has 26 heavy (non-hydrogen) atoms. The molecule has 2 rings (SSSR count). The lowest BCUT2D eigenvalue weighted by atomic mass is 10.1. The van der Waals surface area contributed by atoms with E-state index in [0.717, 1.165) is 31.7 Å². The lowest BCUT2D eigenvalue weighted by Gasteiger charge is -2.15. The maximum absolute atomic E-state index is 10.7.